The summed E-state index contributed by atoms with van der Waals surface area (Å²) in [6.45, 7) is 3.65. The van der Waals surface area contributed by atoms with E-state index in [9.17, 15) is 14.4 Å². The van der Waals surface area contributed by atoms with Crippen LogP contribution in [0, 0.1) is 0 Å². The van der Waals surface area contributed by atoms with Crippen molar-refractivity contribution in [3.63, 3.8) is 0 Å². The quantitative estimate of drug-likeness (QED) is 0.788. The van der Waals surface area contributed by atoms with Gasteiger partial charge in [-0.25, -0.2) is 0 Å². The van der Waals surface area contributed by atoms with E-state index in [1.54, 1.807) is 6.07 Å². The molecule has 2 aromatic carbocycles. The van der Waals surface area contributed by atoms with Gasteiger partial charge in [0.2, 0.25) is 5.91 Å². The first-order valence-electron chi connectivity index (χ1n) is 8.03. The highest BCUT2D eigenvalue weighted by molar-refractivity contribution is 6.43. The Morgan fingerprint density at radius 2 is 1.58 bits per heavy atom. The third-order valence-corrected chi connectivity index (χ3v) is 4.89. The molecule has 0 atom stereocenters. The maximum Gasteiger partial charge on any atom is 0.262 e. The van der Waals surface area contributed by atoms with Crippen molar-refractivity contribution in [3.05, 3.63) is 63.1 Å². The predicted molar refractivity (Wildman–Crippen MR) is 101 cm³/mol. The van der Waals surface area contributed by atoms with Crippen LogP contribution in [-0.4, -0.2) is 29.2 Å². The highest BCUT2D eigenvalue weighted by Crippen LogP contribution is 2.31. The summed E-state index contributed by atoms with van der Waals surface area (Å²) in [5.74, 6) is -1.35. The number of hydrogen-bond acceptors (Lipinski definition) is 3. The fourth-order valence-corrected chi connectivity index (χ4v) is 3.20. The molecule has 0 aromatic heterocycles. The van der Waals surface area contributed by atoms with Gasteiger partial charge >= 0.3 is 0 Å². The zero-order valence-corrected chi connectivity index (χ0v) is 15.7. The molecule has 0 radical (unpaired) electrons. The number of rotatable bonds is 4. The van der Waals surface area contributed by atoms with Crippen LogP contribution in [0.4, 0.5) is 5.69 Å². The van der Waals surface area contributed by atoms with Crippen LogP contribution in [0.3, 0.4) is 0 Å². The molecule has 2 aromatic rings. The van der Waals surface area contributed by atoms with Crippen molar-refractivity contribution in [1.29, 1.82) is 0 Å². The third-order valence-electron chi connectivity index (χ3n) is 4.17. The molecule has 0 bridgehead atoms. The van der Waals surface area contributed by atoms with Gasteiger partial charge in [-0.3, -0.25) is 19.3 Å². The Morgan fingerprint density at radius 1 is 1.04 bits per heavy atom. The average Bonchev–Trinajstić information content (AvgIpc) is 2.80. The van der Waals surface area contributed by atoms with E-state index in [4.69, 9.17) is 23.2 Å². The topological polar surface area (TPSA) is 66.5 Å². The molecule has 1 aliphatic heterocycles. The number of nitrogens with one attached hydrogen (secondary N) is 1. The molecule has 0 spiro atoms. The molecule has 0 unspecified atom stereocenters. The number of carbonyl (C=O) groups is 3. The van der Waals surface area contributed by atoms with E-state index >= 15 is 0 Å². The van der Waals surface area contributed by atoms with Crippen LogP contribution in [0.1, 0.15) is 46.0 Å². The van der Waals surface area contributed by atoms with Crippen LogP contribution in [0.15, 0.2) is 36.4 Å². The third kappa shape index (κ3) is 3.32. The van der Waals surface area contributed by atoms with Gasteiger partial charge in [-0.05, 0) is 29.7 Å². The van der Waals surface area contributed by atoms with E-state index in [0.29, 0.717) is 5.69 Å². The maximum atomic E-state index is 12.5. The van der Waals surface area contributed by atoms with Gasteiger partial charge in [-0.2, -0.15) is 0 Å². The summed E-state index contributed by atoms with van der Waals surface area (Å²) < 4.78 is 0. The number of benzene rings is 2. The number of para-hydroxylation sites is 1. The number of fused-ring (bicyclic) bond motifs is 1. The van der Waals surface area contributed by atoms with Crippen molar-refractivity contribution in [2.45, 2.75) is 19.8 Å². The molecule has 134 valence electrons. The van der Waals surface area contributed by atoms with Crippen LogP contribution >= 0.6 is 23.2 Å². The van der Waals surface area contributed by atoms with Gasteiger partial charge in [0.25, 0.3) is 11.8 Å². The number of amides is 3. The molecule has 0 fully saturated rings. The summed E-state index contributed by atoms with van der Waals surface area (Å²) in [6.07, 6.45) is 0. The normalized spacial score (nSPS) is 13.3. The molecule has 0 aliphatic carbocycles. The van der Waals surface area contributed by atoms with Gasteiger partial charge in [0.05, 0.1) is 21.2 Å². The molecule has 7 heteroatoms. The summed E-state index contributed by atoms with van der Waals surface area (Å²) in [5.41, 5.74) is 1.94. The van der Waals surface area contributed by atoms with Crippen LogP contribution in [-0.2, 0) is 4.79 Å². The average molecular weight is 391 g/mol. The zero-order chi connectivity index (χ0) is 19.0. The van der Waals surface area contributed by atoms with Gasteiger partial charge < -0.3 is 5.32 Å². The summed E-state index contributed by atoms with van der Waals surface area (Å²) in [7, 11) is 0. The first-order chi connectivity index (χ1) is 12.3. The van der Waals surface area contributed by atoms with Crippen molar-refractivity contribution in [1.82, 2.24) is 4.90 Å². The van der Waals surface area contributed by atoms with Gasteiger partial charge in [-0.1, -0.05) is 55.2 Å². The Bertz CT molecular complexity index is 884. The second-order valence-corrected chi connectivity index (χ2v) is 7.11. The second-order valence-electron chi connectivity index (χ2n) is 6.30. The molecule has 1 aliphatic rings. The highest BCUT2D eigenvalue weighted by Gasteiger charge is 2.37. The maximum absolute atomic E-state index is 12.5. The van der Waals surface area contributed by atoms with E-state index in [-0.39, 0.29) is 33.6 Å². The van der Waals surface area contributed by atoms with Crippen molar-refractivity contribution in [3.8, 4) is 0 Å². The lowest BCUT2D eigenvalue weighted by Crippen LogP contribution is -2.37. The van der Waals surface area contributed by atoms with Crippen molar-refractivity contribution >= 4 is 46.6 Å². The lowest BCUT2D eigenvalue weighted by molar-refractivity contribution is -0.116. The number of anilines is 1. The first kappa shape index (κ1) is 18.4. The van der Waals surface area contributed by atoms with Crippen LogP contribution < -0.4 is 5.32 Å². The molecule has 5 nitrogen and oxygen atoms in total. The molecule has 1 N–H and O–H groups in total. The summed E-state index contributed by atoms with van der Waals surface area (Å²) in [6, 6.07) is 10.1. The Hall–Kier alpha value is -2.37. The second kappa shape index (κ2) is 7.09. The Morgan fingerprint density at radius 3 is 2.12 bits per heavy atom. The summed E-state index contributed by atoms with van der Waals surface area (Å²) >= 11 is 11.8. The fourth-order valence-electron chi connectivity index (χ4n) is 2.87. The minimum absolute atomic E-state index is 0.153. The van der Waals surface area contributed by atoms with E-state index in [2.05, 4.69) is 5.32 Å². The minimum atomic E-state index is -0.559. The lowest BCUT2D eigenvalue weighted by atomic mass is 10.0. The number of carbonyl (C=O) groups excluding carboxylic acids is 3. The van der Waals surface area contributed by atoms with Gasteiger partial charge in [0, 0.05) is 5.69 Å². The van der Waals surface area contributed by atoms with E-state index in [0.717, 1.165) is 10.5 Å². The van der Waals surface area contributed by atoms with Crippen LogP contribution in [0.25, 0.3) is 0 Å². The zero-order valence-electron chi connectivity index (χ0n) is 14.2. The number of imide groups is 1. The Balaban J connectivity index is 1.79. The van der Waals surface area contributed by atoms with Crippen molar-refractivity contribution in [2.75, 3.05) is 11.9 Å². The van der Waals surface area contributed by atoms with Gasteiger partial charge in [-0.15, -0.1) is 0 Å². The van der Waals surface area contributed by atoms with E-state index < -0.39 is 17.7 Å². The van der Waals surface area contributed by atoms with Crippen LogP contribution in [0.2, 0.25) is 10.0 Å². The molecule has 3 amide bonds. The fraction of sp³-hybridized carbons (Fsp3) is 0.211. The monoisotopic (exact) mass is 390 g/mol. The molecule has 1 heterocycles. The molecule has 3 rings (SSSR count). The lowest BCUT2D eigenvalue weighted by Gasteiger charge is -2.16. The standard InChI is InChI=1S/C19H16Cl2N2O3/c1-10(2)11-5-3-4-6-16(11)22-17(24)9-23-18(25)12-7-14(20)15(21)8-13(12)19(23)26/h3-8,10H,9H2,1-2H3,(H,22,24). The molecule has 0 saturated heterocycles. The van der Waals surface area contributed by atoms with Gasteiger partial charge in [0.1, 0.15) is 6.54 Å². The van der Waals surface area contributed by atoms with Gasteiger partial charge in [0.15, 0.2) is 0 Å². The molecular weight excluding hydrogens is 375 g/mol. The molecule has 0 saturated carbocycles. The number of nitrogens with zero attached hydrogens (tertiary/aromatic N) is 1. The summed E-state index contributed by atoms with van der Waals surface area (Å²) in [4.78, 5) is 38.2. The first-order valence-corrected chi connectivity index (χ1v) is 8.79. The SMILES string of the molecule is CC(C)c1ccccc1NC(=O)CN1C(=O)c2cc(Cl)c(Cl)cc2C1=O. The van der Waals surface area contributed by atoms with Crippen molar-refractivity contribution < 1.29 is 14.4 Å². The largest absolute Gasteiger partial charge is 0.324 e. The smallest absolute Gasteiger partial charge is 0.262 e. The number of hydrogen-bond donors (Lipinski definition) is 1. The summed E-state index contributed by atoms with van der Waals surface area (Å²) in [5, 5.41) is 3.14. The van der Waals surface area contributed by atoms with E-state index in [1.165, 1.54) is 12.1 Å². The van der Waals surface area contributed by atoms with Crippen molar-refractivity contribution in [2.24, 2.45) is 0 Å². The van der Waals surface area contributed by atoms with Crippen LogP contribution in [0.5, 0.6) is 0 Å². The highest BCUT2D eigenvalue weighted by atomic mass is 35.5. The number of halogens is 2. The minimum Gasteiger partial charge on any atom is -0.324 e. The predicted octanol–water partition coefficient (Wildman–Crippen LogP) is 4.35. The van der Waals surface area contributed by atoms with E-state index in [1.807, 2.05) is 32.0 Å². The molecule has 26 heavy (non-hydrogen) atoms. The Labute approximate surface area is 160 Å². The Kier molecular flexibility index (Phi) is 5.03. The molecular formula is C19H16Cl2N2O3.